The highest BCUT2D eigenvalue weighted by Gasteiger charge is 2.22. The Morgan fingerprint density at radius 2 is 1.74 bits per heavy atom. The Kier molecular flexibility index (Phi) is 6.81. The largest absolute Gasteiger partial charge is 0.493 e. The van der Waals surface area contributed by atoms with Gasteiger partial charge < -0.3 is 14.2 Å². The Morgan fingerprint density at radius 3 is 2.33 bits per heavy atom. The van der Waals surface area contributed by atoms with Crippen LogP contribution in [0.15, 0.2) is 47.4 Å². The average molecular weight is 393 g/mol. The molecule has 2 aromatic carbocycles. The molecule has 0 aliphatic carbocycles. The molecule has 0 bridgehead atoms. The van der Waals surface area contributed by atoms with E-state index < -0.39 is 22.0 Å². The van der Waals surface area contributed by atoms with Crippen molar-refractivity contribution in [3.05, 3.63) is 53.6 Å². The van der Waals surface area contributed by atoms with Gasteiger partial charge in [-0.3, -0.25) is 0 Å². The minimum Gasteiger partial charge on any atom is -0.493 e. The van der Waals surface area contributed by atoms with Crippen LogP contribution in [-0.4, -0.2) is 35.7 Å². The molecule has 2 rings (SSSR count). The van der Waals surface area contributed by atoms with Crippen molar-refractivity contribution in [3.63, 3.8) is 0 Å². The molecule has 0 fully saturated rings. The van der Waals surface area contributed by atoms with Gasteiger partial charge >= 0.3 is 5.97 Å². The zero-order valence-corrected chi connectivity index (χ0v) is 16.5. The second-order valence-electron chi connectivity index (χ2n) is 5.72. The summed E-state index contributed by atoms with van der Waals surface area (Å²) in [5.74, 6) is 0.476. The fraction of sp³-hybridized carbons (Fsp3) is 0.316. The molecular formula is C19H23NO6S. The number of carbonyl (C=O) groups excluding carboxylic acids is 1. The van der Waals surface area contributed by atoms with Gasteiger partial charge in [0.05, 0.1) is 31.8 Å². The van der Waals surface area contributed by atoms with E-state index in [1.165, 1.54) is 45.6 Å². The predicted molar refractivity (Wildman–Crippen MR) is 101 cm³/mol. The maximum atomic E-state index is 12.8. The molecule has 0 amide bonds. The molecule has 27 heavy (non-hydrogen) atoms. The number of rotatable bonds is 8. The maximum absolute atomic E-state index is 12.8. The van der Waals surface area contributed by atoms with Crippen LogP contribution in [0.2, 0.25) is 0 Å². The molecule has 7 nitrogen and oxygen atoms in total. The number of methoxy groups -OCH3 is 3. The standard InChI is InChI=1S/C19H23NO6S/c1-5-16(13-9-10-17(24-2)18(12-13)25-3)20-27(22,23)15-8-6-7-14(11-15)19(21)26-4/h6-12,16,20H,5H2,1-4H3/t16-/m1/s1. The third-order valence-corrected chi connectivity index (χ3v) is 5.55. The van der Waals surface area contributed by atoms with Gasteiger partial charge in [-0.25, -0.2) is 17.9 Å². The number of esters is 1. The van der Waals surface area contributed by atoms with Gasteiger partial charge in [0.1, 0.15) is 0 Å². The third-order valence-electron chi connectivity index (χ3n) is 4.08. The van der Waals surface area contributed by atoms with Gasteiger partial charge in [0.15, 0.2) is 11.5 Å². The summed E-state index contributed by atoms with van der Waals surface area (Å²) >= 11 is 0. The summed E-state index contributed by atoms with van der Waals surface area (Å²) in [7, 11) is 0.445. The van der Waals surface area contributed by atoms with E-state index in [4.69, 9.17) is 9.47 Å². The normalized spacial score (nSPS) is 12.3. The SMILES string of the molecule is CC[C@@H](NS(=O)(=O)c1cccc(C(=O)OC)c1)c1ccc(OC)c(OC)c1. The van der Waals surface area contributed by atoms with Crippen molar-refractivity contribution in [2.45, 2.75) is 24.3 Å². The number of ether oxygens (including phenoxy) is 3. The molecule has 0 aliphatic rings. The van der Waals surface area contributed by atoms with Crippen LogP contribution in [0.5, 0.6) is 11.5 Å². The topological polar surface area (TPSA) is 90.9 Å². The summed E-state index contributed by atoms with van der Waals surface area (Å²) in [6.07, 6.45) is 0.519. The fourth-order valence-corrected chi connectivity index (χ4v) is 3.97. The summed E-state index contributed by atoms with van der Waals surface area (Å²) in [6, 6.07) is 10.5. The summed E-state index contributed by atoms with van der Waals surface area (Å²) in [5, 5.41) is 0. The van der Waals surface area contributed by atoms with Crippen molar-refractivity contribution in [3.8, 4) is 11.5 Å². The van der Waals surface area contributed by atoms with Crippen molar-refractivity contribution < 1.29 is 27.4 Å². The summed E-state index contributed by atoms with van der Waals surface area (Å²) in [5.41, 5.74) is 0.905. The Hall–Kier alpha value is -2.58. The fourth-order valence-electron chi connectivity index (χ4n) is 2.62. The number of nitrogens with one attached hydrogen (secondary N) is 1. The molecule has 0 saturated heterocycles. The first-order valence-electron chi connectivity index (χ1n) is 8.28. The molecule has 1 atom stereocenters. The van der Waals surface area contributed by atoms with Crippen molar-refractivity contribution in [1.29, 1.82) is 0 Å². The van der Waals surface area contributed by atoms with Gasteiger partial charge in [0.2, 0.25) is 10.0 Å². The number of hydrogen-bond acceptors (Lipinski definition) is 6. The van der Waals surface area contributed by atoms with Crippen LogP contribution >= 0.6 is 0 Å². The van der Waals surface area contributed by atoms with Crippen molar-refractivity contribution in [2.75, 3.05) is 21.3 Å². The van der Waals surface area contributed by atoms with Gasteiger partial charge in [-0.1, -0.05) is 19.1 Å². The summed E-state index contributed by atoms with van der Waals surface area (Å²) in [6.45, 7) is 1.87. The Morgan fingerprint density at radius 1 is 1.04 bits per heavy atom. The van der Waals surface area contributed by atoms with E-state index in [0.29, 0.717) is 17.9 Å². The lowest BCUT2D eigenvalue weighted by atomic mass is 10.1. The number of sulfonamides is 1. The van der Waals surface area contributed by atoms with Crippen LogP contribution in [0.25, 0.3) is 0 Å². The molecule has 0 unspecified atom stereocenters. The lowest BCUT2D eigenvalue weighted by Crippen LogP contribution is -2.28. The van der Waals surface area contributed by atoms with E-state index in [2.05, 4.69) is 9.46 Å². The molecule has 0 radical (unpaired) electrons. The average Bonchev–Trinajstić information content (AvgIpc) is 2.70. The zero-order chi connectivity index (χ0) is 20.0. The molecule has 0 saturated carbocycles. The molecule has 0 heterocycles. The molecule has 1 N–H and O–H groups in total. The number of benzene rings is 2. The van der Waals surface area contributed by atoms with E-state index in [-0.39, 0.29) is 10.5 Å². The van der Waals surface area contributed by atoms with Crippen molar-refractivity contribution in [1.82, 2.24) is 4.72 Å². The van der Waals surface area contributed by atoms with Crippen LogP contribution < -0.4 is 14.2 Å². The number of carbonyl (C=O) groups is 1. The van der Waals surface area contributed by atoms with Crippen LogP contribution in [-0.2, 0) is 14.8 Å². The molecule has 2 aromatic rings. The molecule has 0 spiro atoms. The Labute approximate surface area is 159 Å². The first-order valence-corrected chi connectivity index (χ1v) is 9.77. The van der Waals surface area contributed by atoms with E-state index >= 15 is 0 Å². The monoisotopic (exact) mass is 393 g/mol. The second kappa shape index (κ2) is 8.88. The van der Waals surface area contributed by atoms with Crippen LogP contribution in [0.4, 0.5) is 0 Å². The van der Waals surface area contributed by atoms with Gasteiger partial charge in [-0.05, 0) is 42.3 Å². The van der Waals surface area contributed by atoms with Gasteiger partial charge in [-0.2, -0.15) is 0 Å². The molecule has 0 aromatic heterocycles. The third kappa shape index (κ3) is 4.78. The molecule has 146 valence electrons. The van der Waals surface area contributed by atoms with E-state index in [0.717, 1.165) is 5.56 Å². The van der Waals surface area contributed by atoms with Crippen LogP contribution in [0.1, 0.15) is 35.3 Å². The Balaban J connectivity index is 2.33. The first kappa shape index (κ1) is 20.7. The predicted octanol–water partition coefficient (Wildman–Crippen LogP) is 2.92. The van der Waals surface area contributed by atoms with Crippen molar-refractivity contribution in [2.24, 2.45) is 0 Å². The molecule has 8 heteroatoms. The van der Waals surface area contributed by atoms with Gasteiger partial charge in [0, 0.05) is 6.04 Å². The highest BCUT2D eigenvalue weighted by atomic mass is 32.2. The van der Waals surface area contributed by atoms with Crippen molar-refractivity contribution >= 4 is 16.0 Å². The first-order chi connectivity index (χ1) is 12.9. The van der Waals surface area contributed by atoms with Gasteiger partial charge in [-0.15, -0.1) is 0 Å². The smallest absolute Gasteiger partial charge is 0.337 e. The van der Waals surface area contributed by atoms with Crippen LogP contribution in [0.3, 0.4) is 0 Å². The van der Waals surface area contributed by atoms with E-state index in [1.54, 1.807) is 18.2 Å². The lowest BCUT2D eigenvalue weighted by Gasteiger charge is -2.19. The quantitative estimate of drug-likeness (QED) is 0.694. The molecular weight excluding hydrogens is 370 g/mol. The molecule has 0 aliphatic heterocycles. The van der Waals surface area contributed by atoms with Gasteiger partial charge in [0.25, 0.3) is 0 Å². The highest BCUT2D eigenvalue weighted by Crippen LogP contribution is 2.31. The second-order valence-corrected chi connectivity index (χ2v) is 7.43. The van der Waals surface area contributed by atoms with E-state index in [9.17, 15) is 13.2 Å². The number of hydrogen-bond donors (Lipinski definition) is 1. The summed E-state index contributed by atoms with van der Waals surface area (Å²) in [4.78, 5) is 11.7. The minimum absolute atomic E-state index is 0.00988. The van der Waals surface area contributed by atoms with Crippen LogP contribution in [0, 0.1) is 0 Å². The maximum Gasteiger partial charge on any atom is 0.337 e. The lowest BCUT2D eigenvalue weighted by molar-refractivity contribution is 0.0600. The van der Waals surface area contributed by atoms with E-state index in [1.807, 2.05) is 6.92 Å². The zero-order valence-electron chi connectivity index (χ0n) is 15.7. The summed E-state index contributed by atoms with van der Waals surface area (Å²) < 4.78 is 43.4. The highest BCUT2D eigenvalue weighted by molar-refractivity contribution is 7.89. The minimum atomic E-state index is -3.85. The Bertz CT molecular complexity index is 910.